The van der Waals surface area contributed by atoms with Crippen molar-refractivity contribution in [2.45, 2.75) is 12.8 Å². The van der Waals surface area contributed by atoms with Gasteiger partial charge in [0.25, 0.3) is 0 Å². The van der Waals surface area contributed by atoms with Crippen molar-refractivity contribution in [1.29, 1.82) is 5.26 Å². The summed E-state index contributed by atoms with van der Waals surface area (Å²) in [5.74, 6) is 1.16. The van der Waals surface area contributed by atoms with Crippen LogP contribution in [0.2, 0.25) is 0 Å². The molecule has 1 aliphatic rings. The van der Waals surface area contributed by atoms with E-state index < -0.39 is 5.92 Å². The number of nitrogens with zero attached hydrogens (tertiary/aromatic N) is 2. The molecule has 0 saturated heterocycles. The third-order valence-electron chi connectivity index (χ3n) is 3.94. The minimum atomic E-state index is -0.449. The van der Waals surface area contributed by atoms with Crippen LogP contribution in [0.15, 0.2) is 28.1 Å². The SMILES string of the molecule is COc1cc(OC)c([C@H]2C(C#N)=C(N)Oc3n[nH]c(C)c32)cc1Br. The number of halogens is 1. The summed E-state index contributed by atoms with van der Waals surface area (Å²) in [4.78, 5) is 0. The number of allylic oxidation sites excluding steroid dienone is 1. The summed E-state index contributed by atoms with van der Waals surface area (Å²) >= 11 is 3.48. The smallest absolute Gasteiger partial charge is 0.244 e. The molecule has 1 aromatic heterocycles. The molecule has 24 heavy (non-hydrogen) atoms. The second kappa shape index (κ2) is 6.09. The van der Waals surface area contributed by atoms with Crippen molar-refractivity contribution in [2.75, 3.05) is 14.2 Å². The second-order valence-electron chi connectivity index (χ2n) is 5.22. The maximum absolute atomic E-state index is 9.61. The summed E-state index contributed by atoms with van der Waals surface area (Å²) in [6.45, 7) is 1.86. The zero-order valence-electron chi connectivity index (χ0n) is 13.3. The third-order valence-corrected chi connectivity index (χ3v) is 4.56. The fourth-order valence-corrected chi connectivity index (χ4v) is 3.34. The number of nitrogens with one attached hydrogen (secondary N) is 1. The number of nitrogens with two attached hydrogens (primary N) is 1. The molecule has 0 aliphatic carbocycles. The van der Waals surface area contributed by atoms with Crippen molar-refractivity contribution < 1.29 is 14.2 Å². The van der Waals surface area contributed by atoms with Crippen LogP contribution >= 0.6 is 15.9 Å². The molecule has 3 N–H and O–H groups in total. The van der Waals surface area contributed by atoms with Gasteiger partial charge in [-0.25, -0.2) is 0 Å². The largest absolute Gasteiger partial charge is 0.496 e. The highest BCUT2D eigenvalue weighted by Gasteiger charge is 2.36. The third kappa shape index (κ3) is 2.37. The van der Waals surface area contributed by atoms with Gasteiger partial charge >= 0.3 is 0 Å². The van der Waals surface area contributed by atoms with Gasteiger partial charge < -0.3 is 19.9 Å². The van der Waals surface area contributed by atoms with Crippen LogP contribution in [0.3, 0.4) is 0 Å². The molecule has 1 aromatic carbocycles. The number of nitriles is 1. The molecule has 2 heterocycles. The summed E-state index contributed by atoms with van der Waals surface area (Å²) in [6.07, 6.45) is 0. The average molecular weight is 391 g/mol. The predicted molar refractivity (Wildman–Crippen MR) is 89.9 cm³/mol. The summed E-state index contributed by atoms with van der Waals surface area (Å²) < 4.78 is 17.0. The highest BCUT2D eigenvalue weighted by atomic mass is 79.9. The highest BCUT2D eigenvalue weighted by molar-refractivity contribution is 9.10. The molecule has 1 atom stereocenters. The number of hydrogen-bond acceptors (Lipinski definition) is 6. The molecule has 0 fully saturated rings. The number of benzene rings is 1. The fourth-order valence-electron chi connectivity index (χ4n) is 2.82. The number of ether oxygens (including phenoxy) is 3. The zero-order chi connectivity index (χ0) is 17.4. The molecule has 7 nitrogen and oxygen atoms in total. The van der Waals surface area contributed by atoms with E-state index in [1.165, 1.54) is 0 Å². The Morgan fingerprint density at radius 1 is 1.33 bits per heavy atom. The molecule has 1 aliphatic heterocycles. The monoisotopic (exact) mass is 390 g/mol. The predicted octanol–water partition coefficient (Wildman–Crippen LogP) is 2.72. The fraction of sp³-hybridized carbons (Fsp3) is 0.250. The topological polar surface area (TPSA) is 106 Å². The van der Waals surface area contributed by atoms with E-state index in [9.17, 15) is 5.26 Å². The molecular weight excluding hydrogens is 376 g/mol. The number of rotatable bonds is 3. The number of aromatic nitrogens is 2. The highest BCUT2D eigenvalue weighted by Crippen LogP contribution is 2.47. The molecule has 8 heteroatoms. The summed E-state index contributed by atoms with van der Waals surface area (Å²) in [7, 11) is 3.14. The number of hydrogen-bond donors (Lipinski definition) is 2. The van der Waals surface area contributed by atoms with Crippen molar-refractivity contribution in [3.05, 3.63) is 44.9 Å². The summed E-state index contributed by atoms with van der Waals surface area (Å²) in [6, 6.07) is 5.76. The first-order valence-electron chi connectivity index (χ1n) is 7.05. The van der Waals surface area contributed by atoms with Gasteiger partial charge in [-0.3, -0.25) is 5.10 Å². The van der Waals surface area contributed by atoms with Crippen molar-refractivity contribution in [1.82, 2.24) is 10.2 Å². The van der Waals surface area contributed by atoms with Crippen LogP contribution in [-0.4, -0.2) is 24.4 Å². The van der Waals surface area contributed by atoms with Gasteiger partial charge in [0.2, 0.25) is 11.8 Å². The van der Waals surface area contributed by atoms with Gasteiger partial charge in [-0.1, -0.05) is 0 Å². The lowest BCUT2D eigenvalue weighted by molar-refractivity contribution is 0.372. The van der Waals surface area contributed by atoms with Gasteiger partial charge in [-0.05, 0) is 28.9 Å². The number of aryl methyl sites for hydroxylation is 1. The molecule has 0 amide bonds. The molecule has 3 rings (SSSR count). The Morgan fingerprint density at radius 2 is 2.04 bits per heavy atom. The summed E-state index contributed by atoms with van der Waals surface area (Å²) in [5.41, 5.74) is 8.56. The number of aromatic amines is 1. The zero-order valence-corrected chi connectivity index (χ0v) is 14.9. The molecular formula is C16H15BrN4O3. The van der Waals surface area contributed by atoms with E-state index in [1.54, 1.807) is 20.3 Å². The van der Waals surface area contributed by atoms with Crippen molar-refractivity contribution in [2.24, 2.45) is 5.73 Å². The van der Waals surface area contributed by atoms with E-state index in [0.29, 0.717) is 23.0 Å². The molecule has 124 valence electrons. The lowest BCUT2D eigenvalue weighted by Gasteiger charge is -2.25. The lowest BCUT2D eigenvalue weighted by Crippen LogP contribution is -2.21. The Labute approximate surface area is 147 Å². The van der Waals surface area contributed by atoms with Crippen LogP contribution in [0.1, 0.15) is 22.7 Å². The minimum absolute atomic E-state index is 0.0375. The quantitative estimate of drug-likeness (QED) is 0.834. The van der Waals surface area contributed by atoms with E-state index in [-0.39, 0.29) is 5.88 Å². The maximum Gasteiger partial charge on any atom is 0.244 e. The molecule has 0 radical (unpaired) electrons. The maximum atomic E-state index is 9.61. The van der Waals surface area contributed by atoms with Crippen molar-refractivity contribution in [3.63, 3.8) is 0 Å². The van der Waals surface area contributed by atoms with Gasteiger partial charge in [0.1, 0.15) is 23.1 Å². The van der Waals surface area contributed by atoms with Crippen LogP contribution in [0.5, 0.6) is 17.4 Å². The molecule has 0 bridgehead atoms. The Morgan fingerprint density at radius 3 is 2.67 bits per heavy atom. The summed E-state index contributed by atoms with van der Waals surface area (Å²) in [5, 5.41) is 16.6. The van der Waals surface area contributed by atoms with Gasteiger partial charge in [0, 0.05) is 22.9 Å². The van der Waals surface area contributed by atoms with Crippen LogP contribution < -0.4 is 19.9 Å². The normalized spacial score (nSPS) is 16.2. The standard InChI is InChI=1S/C16H15BrN4O3/c1-7-13-14(9(6-18)15(19)24-16(13)21-20-7)8-4-10(17)12(23-3)5-11(8)22-2/h4-5,14H,19H2,1-3H3,(H,20,21)/t14-/m0/s1. The number of fused-ring (bicyclic) bond motifs is 1. The van der Waals surface area contributed by atoms with Gasteiger partial charge in [-0.15, -0.1) is 5.10 Å². The number of methoxy groups -OCH3 is 2. The first-order chi connectivity index (χ1) is 11.5. The number of H-pyrrole nitrogens is 1. The lowest BCUT2D eigenvalue weighted by atomic mass is 9.83. The van der Waals surface area contributed by atoms with Crippen molar-refractivity contribution in [3.8, 4) is 23.4 Å². The van der Waals surface area contributed by atoms with E-state index >= 15 is 0 Å². The van der Waals surface area contributed by atoms with Gasteiger partial charge in [-0.2, -0.15) is 5.26 Å². The van der Waals surface area contributed by atoms with Gasteiger partial charge in [0.15, 0.2) is 0 Å². The molecule has 0 spiro atoms. The Balaban J connectivity index is 2.29. The van der Waals surface area contributed by atoms with E-state index in [2.05, 4.69) is 32.2 Å². The van der Waals surface area contributed by atoms with Crippen LogP contribution in [0, 0.1) is 18.3 Å². The minimum Gasteiger partial charge on any atom is -0.496 e. The first kappa shape index (κ1) is 16.2. The van der Waals surface area contributed by atoms with E-state index in [1.807, 2.05) is 13.0 Å². The molecule has 2 aromatic rings. The Bertz CT molecular complexity index is 882. The van der Waals surface area contributed by atoms with Crippen molar-refractivity contribution >= 4 is 15.9 Å². The van der Waals surface area contributed by atoms with E-state index in [0.717, 1.165) is 21.3 Å². The van der Waals surface area contributed by atoms with Gasteiger partial charge in [0.05, 0.1) is 24.6 Å². The van der Waals surface area contributed by atoms with Crippen LogP contribution in [0.25, 0.3) is 0 Å². The van der Waals surface area contributed by atoms with E-state index in [4.69, 9.17) is 19.9 Å². The first-order valence-corrected chi connectivity index (χ1v) is 7.85. The second-order valence-corrected chi connectivity index (χ2v) is 6.08. The van der Waals surface area contributed by atoms with Crippen LogP contribution in [0.4, 0.5) is 0 Å². The Hall–Kier alpha value is -2.66. The Kier molecular flexibility index (Phi) is 4.11. The molecule has 0 unspecified atom stereocenters. The molecule has 0 saturated carbocycles. The van der Waals surface area contributed by atoms with Crippen LogP contribution in [-0.2, 0) is 0 Å². The average Bonchev–Trinajstić information content (AvgIpc) is 2.94.